The molecular weight excluding hydrogens is 264 g/mol. The SMILES string of the molecule is CC(C)(C)Oc1cc[c-]cc1.[Fe+2].[c-]1ccccc1. The second-order valence-electron chi connectivity index (χ2n) is 4.53. The van der Waals surface area contributed by atoms with Crippen LogP contribution in [-0.4, -0.2) is 5.60 Å². The molecule has 0 heterocycles. The average Bonchev–Trinajstić information content (AvgIpc) is 2.31. The molecule has 0 saturated carbocycles. The Bertz CT molecular complexity index is 366. The molecule has 1 nitrogen and oxygen atoms in total. The van der Waals surface area contributed by atoms with Crippen LogP contribution in [0.4, 0.5) is 0 Å². The van der Waals surface area contributed by atoms with Gasteiger partial charge in [-0.25, -0.2) is 0 Å². The molecule has 96 valence electrons. The molecule has 0 fully saturated rings. The summed E-state index contributed by atoms with van der Waals surface area (Å²) in [7, 11) is 0. The Balaban J connectivity index is 0.000000352. The van der Waals surface area contributed by atoms with Gasteiger partial charge in [-0.15, -0.1) is 12.1 Å². The van der Waals surface area contributed by atoms with E-state index in [1.54, 1.807) is 0 Å². The van der Waals surface area contributed by atoms with Gasteiger partial charge in [-0.3, -0.25) is 0 Å². The summed E-state index contributed by atoms with van der Waals surface area (Å²) in [5, 5.41) is 0. The van der Waals surface area contributed by atoms with E-state index in [1.165, 1.54) is 0 Å². The first-order valence-electron chi connectivity index (χ1n) is 5.64. The van der Waals surface area contributed by atoms with Crippen LogP contribution in [0.2, 0.25) is 0 Å². The van der Waals surface area contributed by atoms with Crippen LogP contribution in [0.1, 0.15) is 20.8 Å². The third-order valence-corrected chi connectivity index (χ3v) is 1.72. The van der Waals surface area contributed by atoms with E-state index >= 15 is 0 Å². The van der Waals surface area contributed by atoms with Gasteiger partial charge in [0.05, 0.1) is 5.60 Å². The van der Waals surface area contributed by atoms with Crippen LogP contribution in [0.15, 0.2) is 54.6 Å². The summed E-state index contributed by atoms with van der Waals surface area (Å²) in [5.74, 6) is 0.899. The predicted molar refractivity (Wildman–Crippen MR) is 70.9 cm³/mol. The van der Waals surface area contributed by atoms with Crippen molar-refractivity contribution in [2.24, 2.45) is 0 Å². The number of hydrogen-bond acceptors (Lipinski definition) is 1. The van der Waals surface area contributed by atoms with Gasteiger partial charge in [0.1, 0.15) is 0 Å². The van der Waals surface area contributed by atoms with Crippen molar-refractivity contribution in [3.05, 3.63) is 66.7 Å². The van der Waals surface area contributed by atoms with Gasteiger partial charge in [0.15, 0.2) is 0 Å². The van der Waals surface area contributed by atoms with Crippen molar-refractivity contribution in [3.8, 4) is 5.75 Å². The van der Waals surface area contributed by atoms with E-state index in [0.29, 0.717) is 0 Å². The standard InChI is InChI=1S/C10H13O.C6H5.Fe/c1-10(2,3)11-9-7-5-4-6-8-9;1-2-4-6-5-3-1;/h5-8H,1-3H3;1-5H;/q2*-1;+2. The molecule has 0 aliphatic rings. The van der Waals surface area contributed by atoms with Gasteiger partial charge < -0.3 is 4.74 Å². The molecule has 0 saturated heterocycles. The molecule has 0 N–H and O–H groups in total. The molecule has 2 rings (SSSR count). The minimum absolute atomic E-state index is 0. The van der Waals surface area contributed by atoms with E-state index in [-0.39, 0.29) is 22.7 Å². The molecule has 2 aromatic rings. The van der Waals surface area contributed by atoms with Crippen molar-refractivity contribution >= 4 is 0 Å². The average molecular weight is 282 g/mol. The monoisotopic (exact) mass is 282 g/mol. The molecule has 0 radical (unpaired) electrons. The first-order valence-corrected chi connectivity index (χ1v) is 5.64. The van der Waals surface area contributed by atoms with Crippen LogP contribution in [0.5, 0.6) is 5.75 Å². The molecule has 18 heavy (non-hydrogen) atoms. The van der Waals surface area contributed by atoms with Gasteiger partial charge in [0, 0.05) is 5.75 Å². The summed E-state index contributed by atoms with van der Waals surface area (Å²) in [6.45, 7) is 6.09. The Kier molecular flexibility index (Phi) is 8.19. The maximum Gasteiger partial charge on any atom is 2.00 e. The molecule has 0 amide bonds. The third-order valence-electron chi connectivity index (χ3n) is 1.72. The summed E-state index contributed by atoms with van der Waals surface area (Å²) in [5.41, 5.74) is -0.110. The molecule has 0 aliphatic heterocycles. The van der Waals surface area contributed by atoms with Crippen LogP contribution in [0.25, 0.3) is 0 Å². The Morgan fingerprint density at radius 3 is 1.67 bits per heavy atom. The minimum atomic E-state index is -0.110. The van der Waals surface area contributed by atoms with E-state index in [9.17, 15) is 0 Å². The Hall–Kier alpha value is -1.24. The Morgan fingerprint density at radius 1 is 0.833 bits per heavy atom. The second-order valence-corrected chi connectivity index (χ2v) is 4.53. The Morgan fingerprint density at radius 2 is 1.33 bits per heavy atom. The largest absolute Gasteiger partial charge is 2.00 e. The molecule has 2 aromatic carbocycles. The first kappa shape index (κ1) is 16.8. The number of ether oxygens (including phenoxy) is 1. The molecular formula is C16H18FeO. The van der Waals surface area contributed by atoms with Crippen LogP contribution in [-0.2, 0) is 17.1 Å². The molecule has 0 bridgehead atoms. The van der Waals surface area contributed by atoms with Crippen molar-refractivity contribution in [1.82, 2.24) is 0 Å². The van der Waals surface area contributed by atoms with E-state index < -0.39 is 0 Å². The molecule has 0 aliphatic carbocycles. The Labute approximate surface area is 121 Å². The topological polar surface area (TPSA) is 9.23 Å². The predicted octanol–water partition coefficient (Wildman–Crippen LogP) is 4.15. The van der Waals surface area contributed by atoms with Gasteiger partial charge in [-0.1, -0.05) is 0 Å². The van der Waals surface area contributed by atoms with E-state index in [4.69, 9.17) is 4.74 Å². The van der Waals surface area contributed by atoms with E-state index in [0.717, 1.165) is 5.75 Å². The zero-order valence-electron chi connectivity index (χ0n) is 11.0. The summed E-state index contributed by atoms with van der Waals surface area (Å²) in [6, 6.07) is 23.0. The molecule has 0 aromatic heterocycles. The third kappa shape index (κ3) is 8.86. The quantitative estimate of drug-likeness (QED) is 0.564. The van der Waals surface area contributed by atoms with Crippen molar-refractivity contribution in [3.63, 3.8) is 0 Å². The van der Waals surface area contributed by atoms with Crippen molar-refractivity contribution in [2.75, 3.05) is 0 Å². The maximum atomic E-state index is 5.58. The van der Waals surface area contributed by atoms with E-state index in [1.807, 2.05) is 75.4 Å². The number of rotatable bonds is 1. The molecule has 0 atom stereocenters. The van der Waals surface area contributed by atoms with Crippen LogP contribution in [0, 0.1) is 12.1 Å². The van der Waals surface area contributed by atoms with Gasteiger partial charge in [0.25, 0.3) is 0 Å². The van der Waals surface area contributed by atoms with Gasteiger partial charge in [-0.2, -0.15) is 54.6 Å². The first-order chi connectivity index (χ1) is 8.08. The van der Waals surface area contributed by atoms with Crippen molar-refractivity contribution in [1.29, 1.82) is 0 Å². The summed E-state index contributed by atoms with van der Waals surface area (Å²) >= 11 is 0. The van der Waals surface area contributed by atoms with Gasteiger partial charge in [0.2, 0.25) is 0 Å². The van der Waals surface area contributed by atoms with Crippen LogP contribution >= 0.6 is 0 Å². The summed E-state index contributed by atoms with van der Waals surface area (Å²) < 4.78 is 5.58. The number of benzene rings is 2. The van der Waals surface area contributed by atoms with Crippen molar-refractivity contribution < 1.29 is 21.8 Å². The smallest absolute Gasteiger partial charge is 0.514 e. The van der Waals surface area contributed by atoms with Crippen LogP contribution < -0.4 is 4.74 Å². The fourth-order valence-corrected chi connectivity index (χ4v) is 1.14. The zero-order chi connectivity index (χ0) is 12.6. The molecule has 0 unspecified atom stereocenters. The fraction of sp³-hybridized carbons (Fsp3) is 0.250. The normalized spacial score (nSPS) is 9.50. The molecule has 2 heteroatoms. The van der Waals surface area contributed by atoms with Crippen molar-refractivity contribution in [2.45, 2.75) is 26.4 Å². The zero-order valence-corrected chi connectivity index (χ0v) is 12.1. The molecule has 0 spiro atoms. The van der Waals surface area contributed by atoms with Gasteiger partial charge in [-0.05, 0) is 20.8 Å². The summed E-state index contributed by atoms with van der Waals surface area (Å²) in [4.78, 5) is 0. The minimum Gasteiger partial charge on any atom is -0.514 e. The van der Waals surface area contributed by atoms with Gasteiger partial charge >= 0.3 is 17.1 Å². The maximum absolute atomic E-state index is 5.58. The second kappa shape index (κ2) is 8.79. The van der Waals surface area contributed by atoms with E-state index in [2.05, 4.69) is 12.1 Å². The summed E-state index contributed by atoms with van der Waals surface area (Å²) in [6.07, 6.45) is 0. The fourth-order valence-electron chi connectivity index (χ4n) is 1.14. The number of hydrogen-bond donors (Lipinski definition) is 0. The van der Waals surface area contributed by atoms with Crippen LogP contribution in [0.3, 0.4) is 0 Å².